The molecule has 0 unspecified atom stereocenters. The lowest BCUT2D eigenvalue weighted by molar-refractivity contribution is -0.123. The molecule has 0 spiro atoms. The Balaban J connectivity index is 1.84. The van der Waals surface area contributed by atoms with Gasteiger partial charge in [0, 0.05) is 10.2 Å². The van der Waals surface area contributed by atoms with Gasteiger partial charge in [0.1, 0.15) is 6.61 Å². The third kappa shape index (κ3) is 4.30. The number of hydrogen-bond acceptors (Lipinski definition) is 3. The zero-order chi connectivity index (χ0) is 14.5. The monoisotopic (exact) mass is 340 g/mol. The molecule has 1 heterocycles. The molecule has 1 aromatic carbocycles. The molecule has 1 amide bonds. The van der Waals surface area contributed by atoms with Crippen molar-refractivity contribution in [2.24, 2.45) is 0 Å². The van der Waals surface area contributed by atoms with Crippen LogP contribution in [0.1, 0.15) is 24.0 Å². The Morgan fingerprint density at radius 3 is 2.55 bits per heavy atom. The Hall–Kier alpha value is -0.910. The molecule has 0 aliphatic carbocycles. The van der Waals surface area contributed by atoms with Crippen molar-refractivity contribution in [2.75, 3.05) is 25.0 Å². The first-order valence-corrected chi connectivity index (χ1v) is 7.74. The third-order valence-electron chi connectivity index (χ3n) is 3.46. The van der Waals surface area contributed by atoms with Crippen molar-refractivity contribution in [1.82, 2.24) is 5.32 Å². The number of benzene rings is 1. The average molecular weight is 341 g/mol. The lowest BCUT2D eigenvalue weighted by Gasteiger charge is -2.22. The molecule has 0 saturated carbocycles. The fourth-order valence-electron chi connectivity index (χ4n) is 2.37. The van der Waals surface area contributed by atoms with Gasteiger partial charge in [-0.05, 0) is 63.0 Å². The van der Waals surface area contributed by atoms with E-state index in [9.17, 15) is 4.79 Å². The van der Waals surface area contributed by atoms with E-state index in [0.29, 0.717) is 0 Å². The number of anilines is 1. The van der Waals surface area contributed by atoms with Crippen LogP contribution in [-0.4, -0.2) is 31.7 Å². The van der Waals surface area contributed by atoms with Crippen LogP contribution in [0.4, 0.5) is 5.69 Å². The number of rotatable bonds is 4. The standard InChI is InChI=1S/C15H21BrN2O2/c1-10-7-12(8-11(2)15(10)16)18-14(19)9-20-13-3-5-17-6-4-13/h7-8,13,17H,3-6,9H2,1-2H3,(H,18,19). The summed E-state index contributed by atoms with van der Waals surface area (Å²) >= 11 is 3.52. The van der Waals surface area contributed by atoms with Gasteiger partial charge in [-0.15, -0.1) is 0 Å². The molecule has 5 heteroatoms. The Bertz CT molecular complexity index is 462. The number of amides is 1. The van der Waals surface area contributed by atoms with Crippen LogP contribution >= 0.6 is 15.9 Å². The largest absolute Gasteiger partial charge is 0.368 e. The van der Waals surface area contributed by atoms with Crippen molar-refractivity contribution in [3.8, 4) is 0 Å². The molecule has 1 saturated heterocycles. The molecule has 2 rings (SSSR count). The summed E-state index contributed by atoms with van der Waals surface area (Å²) in [7, 11) is 0. The first kappa shape index (κ1) is 15.5. The highest BCUT2D eigenvalue weighted by Gasteiger charge is 2.15. The second-order valence-corrected chi connectivity index (χ2v) is 6.03. The molecule has 20 heavy (non-hydrogen) atoms. The molecule has 1 fully saturated rings. The quantitative estimate of drug-likeness (QED) is 0.885. The van der Waals surface area contributed by atoms with E-state index in [4.69, 9.17) is 4.74 Å². The number of ether oxygens (including phenoxy) is 1. The molecule has 1 aliphatic heterocycles. The number of halogens is 1. The van der Waals surface area contributed by atoms with Gasteiger partial charge >= 0.3 is 0 Å². The molecule has 1 aromatic rings. The van der Waals surface area contributed by atoms with Gasteiger partial charge in [-0.25, -0.2) is 0 Å². The predicted octanol–water partition coefficient (Wildman–Crippen LogP) is 2.77. The van der Waals surface area contributed by atoms with E-state index < -0.39 is 0 Å². The number of nitrogens with one attached hydrogen (secondary N) is 2. The van der Waals surface area contributed by atoms with E-state index in [0.717, 1.165) is 47.2 Å². The maximum atomic E-state index is 11.9. The SMILES string of the molecule is Cc1cc(NC(=O)COC2CCNCC2)cc(C)c1Br. The minimum absolute atomic E-state index is 0.0929. The minimum atomic E-state index is -0.0929. The van der Waals surface area contributed by atoms with Crippen molar-refractivity contribution in [3.05, 3.63) is 27.7 Å². The van der Waals surface area contributed by atoms with Crippen molar-refractivity contribution < 1.29 is 9.53 Å². The van der Waals surface area contributed by atoms with Gasteiger partial charge in [0.15, 0.2) is 0 Å². The number of piperidine rings is 1. The van der Waals surface area contributed by atoms with Crippen LogP contribution in [0.2, 0.25) is 0 Å². The van der Waals surface area contributed by atoms with Gasteiger partial charge in [-0.1, -0.05) is 15.9 Å². The number of carbonyl (C=O) groups excluding carboxylic acids is 1. The topological polar surface area (TPSA) is 50.4 Å². The second kappa shape index (κ2) is 7.20. The summed E-state index contributed by atoms with van der Waals surface area (Å²) in [6.07, 6.45) is 2.16. The van der Waals surface area contributed by atoms with Crippen LogP contribution < -0.4 is 10.6 Å². The second-order valence-electron chi connectivity index (χ2n) is 5.23. The summed E-state index contributed by atoms with van der Waals surface area (Å²) in [6.45, 7) is 6.09. The molecule has 1 aliphatic rings. The molecule has 0 atom stereocenters. The molecular weight excluding hydrogens is 320 g/mol. The molecule has 0 bridgehead atoms. The van der Waals surface area contributed by atoms with E-state index in [1.54, 1.807) is 0 Å². The van der Waals surface area contributed by atoms with Crippen molar-refractivity contribution in [2.45, 2.75) is 32.8 Å². The van der Waals surface area contributed by atoms with Crippen LogP contribution in [0.5, 0.6) is 0 Å². The summed E-state index contributed by atoms with van der Waals surface area (Å²) in [5, 5.41) is 6.16. The summed E-state index contributed by atoms with van der Waals surface area (Å²) in [6, 6.07) is 3.92. The van der Waals surface area contributed by atoms with E-state index in [1.165, 1.54) is 0 Å². The fourth-order valence-corrected chi connectivity index (χ4v) is 2.60. The van der Waals surface area contributed by atoms with Crippen LogP contribution in [0.25, 0.3) is 0 Å². The van der Waals surface area contributed by atoms with Crippen LogP contribution in [-0.2, 0) is 9.53 Å². The first-order valence-electron chi connectivity index (χ1n) is 6.95. The van der Waals surface area contributed by atoms with Gasteiger partial charge in [0.05, 0.1) is 6.10 Å². The van der Waals surface area contributed by atoms with E-state index in [2.05, 4.69) is 26.6 Å². The number of hydrogen-bond donors (Lipinski definition) is 2. The van der Waals surface area contributed by atoms with Crippen molar-refractivity contribution in [3.63, 3.8) is 0 Å². The molecule has 0 aromatic heterocycles. The fraction of sp³-hybridized carbons (Fsp3) is 0.533. The first-order chi connectivity index (χ1) is 9.56. The summed E-state index contributed by atoms with van der Waals surface area (Å²) in [5.74, 6) is -0.0929. The summed E-state index contributed by atoms with van der Waals surface area (Å²) in [5.41, 5.74) is 3.04. The molecule has 0 radical (unpaired) electrons. The Morgan fingerprint density at radius 1 is 1.35 bits per heavy atom. The number of aryl methyl sites for hydroxylation is 2. The highest BCUT2D eigenvalue weighted by Crippen LogP contribution is 2.24. The normalized spacial score (nSPS) is 16.1. The zero-order valence-corrected chi connectivity index (χ0v) is 13.5. The van der Waals surface area contributed by atoms with Gasteiger partial charge in [-0.2, -0.15) is 0 Å². The molecule has 110 valence electrons. The Kier molecular flexibility index (Phi) is 5.57. The van der Waals surface area contributed by atoms with Gasteiger partial charge in [0.25, 0.3) is 0 Å². The lowest BCUT2D eigenvalue weighted by atomic mass is 10.1. The Labute approximate surface area is 128 Å². The predicted molar refractivity (Wildman–Crippen MR) is 84.1 cm³/mol. The highest BCUT2D eigenvalue weighted by atomic mass is 79.9. The molecular formula is C15H21BrN2O2. The van der Waals surface area contributed by atoms with Gasteiger partial charge in [-0.3, -0.25) is 4.79 Å². The average Bonchev–Trinajstić information content (AvgIpc) is 2.43. The maximum absolute atomic E-state index is 11.9. The van der Waals surface area contributed by atoms with Crippen molar-refractivity contribution in [1.29, 1.82) is 0 Å². The third-order valence-corrected chi connectivity index (χ3v) is 4.71. The smallest absolute Gasteiger partial charge is 0.250 e. The lowest BCUT2D eigenvalue weighted by Crippen LogP contribution is -2.34. The van der Waals surface area contributed by atoms with Crippen molar-refractivity contribution >= 4 is 27.5 Å². The number of carbonyl (C=O) groups is 1. The maximum Gasteiger partial charge on any atom is 0.250 e. The molecule has 2 N–H and O–H groups in total. The van der Waals surface area contributed by atoms with E-state index in [-0.39, 0.29) is 18.6 Å². The summed E-state index contributed by atoms with van der Waals surface area (Å²) < 4.78 is 6.72. The Morgan fingerprint density at radius 2 is 1.95 bits per heavy atom. The van der Waals surface area contributed by atoms with E-state index in [1.807, 2.05) is 26.0 Å². The van der Waals surface area contributed by atoms with Crippen LogP contribution in [0.15, 0.2) is 16.6 Å². The zero-order valence-electron chi connectivity index (χ0n) is 12.0. The van der Waals surface area contributed by atoms with Gasteiger partial charge < -0.3 is 15.4 Å². The van der Waals surface area contributed by atoms with E-state index >= 15 is 0 Å². The summed E-state index contributed by atoms with van der Waals surface area (Å²) in [4.78, 5) is 11.9. The minimum Gasteiger partial charge on any atom is -0.368 e. The van der Waals surface area contributed by atoms with Gasteiger partial charge in [0.2, 0.25) is 5.91 Å². The van der Waals surface area contributed by atoms with Crippen LogP contribution in [0.3, 0.4) is 0 Å². The van der Waals surface area contributed by atoms with Crippen LogP contribution in [0, 0.1) is 13.8 Å². The molecule has 4 nitrogen and oxygen atoms in total. The highest BCUT2D eigenvalue weighted by molar-refractivity contribution is 9.10.